The molecule has 0 radical (unpaired) electrons. The molecule has 0 bridgehead atoms. The molecule has 0 aliphatic carbocycles. The first-order valence-corrected chi connectivity index (χ1v) is 6.33. The number of anilines is 1. The molecular formula is C14H22N2O. The molecule has 2 rings (SSSR count). The second-order valence-corrected chi connectivity index (χ2v) is 4.93. The Morgan fingerprint density at radius 3 is 2.88 bits per heavy atom. The van der Waals surface area contributed by atoms with Crippen LogP contribution in [0.2, 0.25) is 0 Å². The van der Waals surface area contributed by atoms with E-state index in [0.717, 1.165) is 26.1 Å². The number of aryl methyl sites for hydroxylation is 1. The predicted octanol–water partition coefficient (Wildman–Crippen LogP) is 1.50. The predicted molar refractivity (Wildman–Crippen MR) is 71.5 cm³/mol. The highest BCUT2D eigenvalue weighted by Gasteiger charge is 2.23. The summed E-state index contributed by atoms with van der Waals surface area (Å²) in [6, 6.07) is 9.12. The number of likely N-dealkylation sites (N-methyl/N-ethyl adjacent to an activating group) is 1. The van der Waals surface area contributed by atoms with Gasteiger partial charge in [0, 0.05) is 38.0 Å². The Hall–Kier alpha value is -1.06. The maximum absolute atomic E-state index is 9.09. The summed E-state index contributed by atoms with van der Waals surface area (Å²) in [4.78, 5) is 4.77. The summed E-state index contributed by atoms with van der Waals surface area (Å²) < 4.78 is 0. The molecule has 17 heavy (non-hydrogen) atoms. The molecule has 3 nitrogen and oxygen atoms in total. The highest BCUT2D eigenvalue weighted by molar-refractivity contribution is 5.49. The van der Waals surface area contributed by atoms with Crippen LogP contribution in [-0.2, 0) is 0 Å². The van der Waals surface area contributed by atoms with Crippen LogP contribution in [0.3, 0.4) is 0 Å². The quantitative estimate of drug-likeness (QED) is 0.858. The number of piperazine rings is 1. The highest BCUT2D eigenvalue weighted by Crippen LogP contribution is 2.20. The number of hydrogen-bond acceptors (Lipinski definition) is 3. The highest BCUT2D eigenvalue weighted by atomic mass is 16.3. The van der Waals surface area contributed by atoms with Crippen LogP contribution in [0.4, 0.5) is 5.69 Å². The largest absolute Gasteiger partial charge is 0.396 e. The van der Waals surface area contributed by atoms with Gasteiger partial charge in [0.25, 0.3) is 0 Å². The van der Waals surface area contributed by atoms with Gasteiger partial charge in [-0.05, 0) is 38.1 Å². The fraction of sp³-hybridized carbons (Fsp3) is 0.571. The van der Waals surface area contributed by atoms with E-state index in [1.54, 1.807) is 0 Å². The maximum Gasteiger partial charge on any atom is 0.0446 e. The van der Waals surface area contributed by atoms with Gasteiger partial charge in [-0.3, -0.25) is 4.90 Å². The van der Waals surface area contributed by atoms with Crippen LogP contribution < -0.4 is 4.90 Å². The van der Waals surface area contributed by atoms with E-state index in [4.69, 9.17) is 5.11 Å². The molecule has 1 aromatic carbocycles. The molecule has 1 aliphatic rings. The standard InChI is InChI=1S/C14H22N2O/c1-12-4-3-5-13(10-12)16-8-7-15(2)14(11-16)6-9-17/h3-5,10,14,17H,6-9,11H2,1-2H3. The first kappa shape index (κ1) is 12.4. The van der Waals surface area contributed by atoms with Crippen molar-refractivity contribution in [3.63, 3.8) is 0 Å². The molecule has 0 spiro atoms. The van der Waals surface area contributed by atoms with E-state index >= 15 is 0 Å². The van der Waals surface area contributed by atoms with Gasteiger partial charge in [0.1, 0.15) is 0 Å². The second-order valence-electron chi connectivity index (χ2n) is 4.93. The third kappa shape index (κ3) is 2.99. The van der Waals surface area contributed by atoms with E-state index in [-0.39, 0.29) is 6.61 Å². The van der Waals surface area contributed by atoms with Gasteiger partial charge in [0.05, 0.1) is 0 Å². The Morgan fingerprint density at radius 2 is 2.18 bits per heavy atom. The van der Waals surface area contributed by atoms with Crippen molar-refractivity contribution in [1.29, 1.82) is 0 Å². The van der Waals surface area contributed by atoms with Gasteiger partial charge in [-0.2, -0.15) is 0 Å². The fourth-order valence-corrected chi connectivity index (χ4v) is 2.47. The van der Waals surface area contributed by atoms with Gasteiger partial charge in [0.15, 0.2) is 0 Å². The molecule has 0 saturated carbocycles. The zero-order valence-corrected chi connectivity index (χ0v) is 10.8. The Balaban J connectivity index is 2.07. The van der Waals surface area contributed by atoms with Gasteiger partial charge in [-0.25, -0.2) is 0 Å². The lowest BCUT2D eigenvalue weighted by atomic mass is 10.1. The number of nitrogens with zero attached hydrogens (tertiary/aromatic N) is 2. The number of rotatable bonds is 3. The van der Waals surface area contributed by atoms with E-state index < -0.39 is 0 Å². The summed E-state index contributed by atoms with van der Waals surface area (Å²) in [5, 5.41) is 9.09. The van der Waals surface area contributed by atoms with Crippen molar-refractivity contribution < 1.29 is 5.11 Å². The van der Waals surface area contributed by atoms with E-state index in [2.05, 4.69) is 48.0 Å². The number of hydrogen-bond donors (Lipinski definition) is 1. The van der Waals surface area contributed by atoms with Gasteiger partial charge in [-0.15, -0.1) is 0 Å². The van der Waals surface area contributed by atoms with Crippen LogP contribution in [0.25, 0.3) is 0 Å². The summed E-state index contributed by atoms with van der Waals surface area (Å²) in [6.45, 7) is 5.56. The van der Waals surface area contributed by atoms with Gasteiger partial charge in [-0.1, -0.05) is 12.1 Å². The lowest BCUT2D eigenvalue weighted by molar-refractivity contribution is 0.171. The van der Waals surface area contributed by atoms with E-state index in [1.807, 2.05) is 0 Å². The van der Waals surface area contributed by atoms with Crippen LogP contribution >= 0.6 is 0 Å². The SMILES string of the molecule is Cc1cccc(N2CCN(C)C(CCO)C2)c1. The Kier molecular flexibility index (Phi) is 4.02. The Morgan fingerprint density at radius 1 is 1.35 bits per heavy atom. The fourth-order valence-electron chi connectivity index (χ4n) is 2.47. The minimum Gasteiger partial charge on any atom is -0.396 e. The summed E-state index contributed by atoms with van der Waals surface area (Å²) in [5.41, 5.74) is 2.61. The van der Waals surface area contributed by atoms with Crippen molar-refractivity contribution in [3.8, 4) is 0 Å². The summed E-state index contributed by atoms with van der Waals surface area (Å²) >= 11 is 0. The minimum atomic E-state index is 0.274. The van der Waals surface area contributed by atoms with Crippen LogP contribution in [0.5, 0.6) is 0 Å². The molecule has 1 atom stereocenters. The van der Waals surface area contributed by atoms with Crippen LogP contribution in [0.15, 0.2) is 24.3 Å². The van der Waals surface area contributed by atoms with Crippen LogP contribution in [0.1, 0.15) is 12.0 Å². The van der Waals surface area contributed by atoms with E-state index in [0.29, 0.717) is 6.04 Å². The third-order valence-electron chi connectivity index (χ3n) is 3.61. The van der Waals surface area contributed by atoms with Crippen LogP contribution in [0, 0.1) is 6.92 Å². The number of benzene rings is 1. The second kappa shape index (κ2) is 5.52. The maximum atomic E-state index is 9.09. The first-order valence-electron chi connectivity index (χ1n) is 6.33. The molecule has 1 fully saturated rings. The molecule has 1 saturated heterocycles. The van der Waals surface area contributed by atoms with Crippen molar-refractivity contribution in [2.45, 2.75) is 19.4 Å². The molecule has 94 valence electrons. The molecule has 0 aromatic heterocycles. The smallest absolute Gasteiger partial charge is 0.0446 e. The molecule has 0 amide bonds. The normalized spacial score (nSPS) is 21.8. The van der Waals surface area contributed by atoms with Gasteiger partial charge in [0.2, 0.25) is 0 Å². The van der Waals surface area contributed by atoms with Crippen LogP contribution in [-0.4, -0.2) is 49.3 Å². The van der Waals surface area contributed by atoms with Crippen molar-refractivity contribution in [2.24, 2.45) is 0 Å². The molecule has 1 N–H and O–H groups in total. The molecule has 1 aromatic rings. The molecule has 1 heterocycles. The van der Waals surface area contributed by atoms with Crippen molar-refractivity contribution in [2.75, 3.05) is 38.2 Å². The Bertz CT molecular complexity index is 367. The lowest BCUT2D eigenvalue weighted by Gasteiger charge is -2.40. The summed E-state index contributed by atoms with van der Waals surface area (Å²) in [6.07, 6.45) is 0.860. The minimum absolute atomic E-state index is 0.274. The van der Waals surface area contributed by atoms with Gasteiger partial charge >= 0.3 is 0 Å². The van der Waals surface area contributed by atoms with Crippen molar-refractivity contribution in [3.05, 3.63) is 29.8 Å². The third-order valence-corrected chi connectivity index (χ3v) is 3.61. The van der Waals surface area contributed by atoms with Crippen molar-refractivity contribution >= 4 is 5.69 Å². The summed E-state index contributed by atoms with van der Waals surface area (Å²) in [7, 11) is 2.15. The average molecular weight is 234 g/mol. The number of aliphatic hydroxyl groups is 1. The number of aliphatic hydroxyl groups excluding tert-OH is 1. The molecule has 3 heteroatoms. The molecule has 1 unspecified atom stereocenters. The van der Waals surface area contributed by atoms with E-state index in [9.17, 15) is 0 Å². The molecule has 1 aliphatic heterocycles. The van der Waals surface area contributed by atoms with Gasteiger partial charge < -0.3 is 10.0 Å². The zero-order chi connectivity index (χ0) is 12.3. The Labute approximate surface area is 104 Å². The van der Waals surface area contributed by atoms with E-state index in [1.165, 1.54) is 11.3 Å². The zero-order valence-electron chi connectivity index (χ0n) is 10.8. The summed E-state index contributed by atoms with van der Waals surface area (Å²) in [5.74, 6) is 0. The molecular weight excluding hydrogens is 212 g/mol. The topological polar surface area (TPSA) is 26.7 Å². The average Bonchev–Trinajstić information content (AvgIpc) is 2.32. The van der Waals surface area contributed by atoms with Crippen molar-refractivity contribution in [1.82, 2.24) is 4.90 Å². The first-order chi connectivity index (χ1) is 8.20. The monoisotopic (exact) mass is 234 g/mol. The lowest BCUT2D eigenvalue weighted by Crippen LogP contribution is -2.51.